The molecule has 4 aromatic heterocycles. The van der Waals surface area contributed by atoms with Gasteiger partial charge in [0.25, 0.3) is 0 Å². The lowest BCUT2D eigenvalue weighted by Crippen LogP contribution is -2.51. The number of alkyl carbamates (subject to hydrolysis) is 1. The Hall–Kier alpha value is -5.12. The van der Waals surface area contributed by atoms with E-state index in [9.17, 15) is 9.59 Å². The molecule has 286 valence electrons. The Morgan fingerprint density at radius 2 is 1.85 bits per heavy atom. The third kappa shape index (κ3) is 7.22. The van der Waals surface area contributed by atoms with Crippen LogP contribution in [0.25, 0.3) is 55.5 Å². The highest BCUT2D eigenvalue weighted by atomic mass is 16.6. The quantitative estimate of drug-likeness (QED) is 0.0793. The summed E-state index contributed by atoms with van der Waals surface area (Å²) in [6, 6.07) is 9.07. The van der Waals surface area contributed by atoms with Crippen LogP contribution in [0, 0.1) is 11.8 Å². The van der Waals surface area contributed by atoms with E-state index in [4.69, 9.17) is 39.7 Å². The summed E-state index contributed by atoms with van der Waals surface area (Å²) in [7, 11) is 2.94. The fraction of sp³-hybridized carbons (Fsp3) is 0.487. The number of nitrogens with zero attached hydrogens (tertiary/aromatic N) is 5. The fourth-order valence-corrected chi connectivity index (χ4v) is 7.59. The number of carbonyl (C=O) groups is 2. The number of nitrogens with two attached hydrogens (primary N) is 1. The van der Waals surface area contributed by atoms with Crippen molar-refractivity contribution < 1.29 is 23.6 Å². The summed E-state index contributed by atoms with van der Waals surface area (Å²) in [6.45, 7) is 9.33. The molecule has 0 aliphatic carbocycles. The van der Waals surface area contributed by atoms with Crippen molar-refractivity contribution in [2.24, 2.45) is 17.6 Å². The highest BCUT2D eigenvalue weighted by Crippen LogP contribution is 2.36. The summed E-state index contributed by atoms with van der Waals surface area (Å²) < 4.78 is 11.2. The van der Waals surface area contributed by atoms with Crippen molar-refractivity contribution in [3.05, 3.63) is 48.2 Å². The Morgan fingerprint density at radius 1 is 1.04 bits per heavy atom. The van der Waals surface area contributed by atoms with Gasteiger partial charge in [0.15, 0.2) is 5.58 Å². The van der Waals surface area contributed by atoms with Crippen molar-refractivity contribution in [2.45, 2.75) is 83.8 Å². The minimum absolute atomic E-state index is 0.126. The molecule has 5 heterocycles. The summed E-state index contributed by atoms with van der Waals surface area (Å²) in [6.07, 6.45) is 5.47. The van der Waals surface area contributed by atoms with E-state index in [0.29, 0.717) is 53.0 Å². The average Bonchev–Trinajstić information content (AvgIpc) is 3.98. The average molecular weight is 739 g/mol. The minimum atomic E-state index is -0.715. The number of hydroxylamine groups is 1. The van der Waals surface area contributed by atoms with Gasteiger partial charge < -0.3 is 39.9 Å². The van der Waals surface area contributed by atoms with Gasteiger partial charge in [0, 0.05) is 30.1 Å². The number of hydrogen-bond donors (Lipinski definition) is 5. The number of benzene rings is 2. The molecule has 0 spiro atoms. The molecule has 0 radical (unpaired) electrons. The normalized spacial score (nSPS) is 16.7. The summed E-state index contributed by atoms with van der Waals surface area (Å²) in [4.78, 5) is 59.5. The molecule has 15 nitrogen and oxygen atoms in total. The molecule has 2 aromatic carbocycles. The van der Waals surface area contributed by atoms with E-state index < -0.39 is 12.1 Å². The highest BCUT2D eigenvalue weighted by Gasteiger charge is 2.38. The smallest absolute Gasteiger partial charge is 0.407 e. The Morgan fingerprint density at radius 3 is 2.59 bits per heavy atom. The topological polar surface area (TPSA) is 202 Å². The first-order chi connectivity index (χ1) is 26.1. The van der Waals surface area contributed by atoms with Gasteiger partial charge in [0.2, 0.25) is 11.8 Å². The van der Waals surface area contributed by atoms with Gasteiger partial charge in [-0.2, -0.15) is 5.48 Å². The zero-order valence-electron chi connectivity index (χ0n) is 31.7. The number of fused-ring (bicyclic) bond motifs is 6. The number of H-pyrrole nitrogens is 2. The molecule has 6 aromatic rings. The molecule has 1 aliphatic heterocycles. The third-order valence-electron chi connectivity index (χ3n) is 10.6. The van der Waals surface area contributed by atoms with Crippen LogP contribution in [0.4, 0.5) is 4.79 Å². The Kier molecular flexibility index (Phi) is 10.8. The van der Waals surface area contributed by atoms with Gasteiger partial charge >= 0.3 is 6.09 Å². The van der Waals surface area contributed by atoms with Crippen molar-refractivity contribution in [1.29, 1.82) is 0 Å². The third-order valence-corrected chi connectivity index (χ3v) is 10.6. The summed E-state index contributed by atoms with van der Waals surface area (Å²) in [5.41, 5.74) is 14.1. The number of ether oxygens (including phenoxy) is 1. The van der Waals surface area contributed by atoms with Gasteiger partial charge in [0.1, 0.15) is 39.9 Å². The van der Waals surface area contributed by atoms with Gasteiger partial charge in [-0.1, -0.05) is 33.8 Å². The number of likely N-dealkylation sites (tertiary alicyclic amines) is 1. The maximum Gasteiger partial charge on any atom is 0.407 e. The molecular weight excluding hydrogens is 688 g/mol. The predicted octanol–water partition coefficient (Wildman–Crippen LogP) is 6.23. The van der Waals surface area contributed by atoms with Crippen LogP contribution in [0.5, 0.6) is 0 Å². The molecular formula is C39H50N10O5. The lowest BCUT2D eigenvalue weighted by Gasteiger charge is -2.29. The number of methoxy groups -OCH3 is 1. The first-order valence-electron chi connectivity index (χ1n) is 18.8. The van der Waals surface area contributed by atoms with Crippen molar-refractivity contribution >= 4 is 55.9 Å². The molecule has 6 N–H and O–H groups in total. The van der Waals surface area contributed by atoms with E-state index in [2.05, 4.69) is 34.6 Å². The molecule has 1 fully saturated rings. The van der Waals surface area contributed by atoms with Crippen molar-refractivity contribution in [3.8, 4) is 11.6 Å². The molecule has 2 amide bonds. The van der Waals surface area contributed by atoms with E-state index in [-0.39, 0.29) is 29.8 Å². The number of oxazole rings is 1. The standard InChI is InChI=1S/C39H50N10O5/c1-20(2)28(48-53-6)18-23(9-7-15-40)35-42-25-12-11-22-17-29(41-19-24(22)32(25)45-35)37-44-27-14-13-26-33(34(27)54-37)46-36(43-26)30-10-8-16-49(30)38(50)31(21(3)4)47-39(51)52-5/h11-14,17,19-21,23,28,30-31,41,48H,7-10,15-16,18,40H2,1-6H3,(H,43,46)(H,47,51)/t23-,28-,30+,31+/m1/s1. The summed E-state index contributed by atoms with van der Waals surface area (Å²) in [5.74, 6) is 2.13. The molecule has 0 unspecified atom stereocenters. The fourth-order valence-electron chi connectivity index (χ4n) is 7.59. The number of carbonyl (C=O) groups excluding carboxylic acids is 2. The van der Waals surface area contributed by atoms with Gasteiger partial charge in [-0.05, 0) is 80.1 Å². The van der Waals surface area contributed by atoms with Crippen LogP contribution in [0.15, 0.2) is 40.9 Å². The number of hydrogen-bond acceptors (Lipinski definition) is 11. The molecule has 1 aliphatic rings. The second kappa shape index (κ2) is 15.7. The highest BCUT2D eigenvalue weighted by molar-refractivity contribution is 6.05. The van der Waals surface area contributed by atoms with Crippen LogP contribution in [0.3, 0.4) is 0 Å². The lowest BCUT2D eigenvalue weighted by atomic mass is 9.89. The molecule has 54 heavy (non-hydrogen) atoms. The molecule has 0 bridgehead atoms. The van der Waals surface area contributed by atoms with Crippen LogP contribution in [0.2, 0.25) is 0 Å². The molecule has 7 rings (SSSR count). The van der Waals surface area contributed by atoms with Crippen LogP contribution < -0.4 is 16.5 Å². The van der Waals surface area contributed by atoms with Crippen LogP contribution in [-0.4, -0.2) is 86.2 Å². The van der Waals surface area contributed by atoms with E-state index in [0.717, 1.165) is 65.3 Å². The van der Waals surface area contributed by atoms with Crippen LogP contribution >= 0.6 is 0 Å². The van der Waals surface area contributed by atoms with E-state index in [1.54, 1.807) is 12.0 Å². The monoisotopic (exact) mass is 738 g/mol. The van der Waals surface area contributed by atoms with Gasteiger partial charge in [-0.25, -0.2) is 24.7 Å². The number of imidazole rings is 2. The lowest BCUT2D eigenvalue weighted by molar-refractivity contribution is -0.135. The predicted molar refractivity (Wildman–Crippen MR) is 206 cm³/mol. The van der Waals surface area contributed by atoms with E-state index in [1.165, 1.54) is 7.11 Å². The number of amides is 2. The molecule has 0 saturated carbocycles. The van der Waals surface area contributed by atoms with Crippen LogP contribution in [-0.2, 0) is 14.4 Å². The van der Waals surface area contributed by atoms with Crippen molar-refractivity contribution in [3.63, 3.8) is 0 Å². The maximum atomic E-state index is 13.7. The molecule has 15 heteroatoms. The Balaban J connectivity index is 1.17. The molecule has 4 atom stereocenters. The summed E-state index contributed by atoms with van der Waals surface area (Å²) >= 11 is 0. The first kappa shape index (κ1) is 37.2. The zero-order valence-corrected chi connectivity index (χ0v) is 31.7. The Bertz CT molecular complexity index is 2280. The number of rotatable bonds is 14. The number of aromatic nitrogens is 6. The van der Waals surface area contributed by atoms with Gasteiger partial charge in [0.05, 0.1) is 31.3 Å². The van der Waals surface area contributed by atoms with Gasteiger partial charge in [-0.3, -0.25) is 4.79 Å². The maximum absolute atomic E-state index is 13.7. The SMILES string of the molecule is CON[C@H](C[C@@H](CCCN)c1nc2ccc3cc(-c4nc5ccc6[nH]c([C@@H]7CCCN7C(=O)[C@@H](NC(=O)OC)C(C)C)nc6c5o4)[nH]cc3c2n1)C(C)C. The zero-order chi connectivity index (χ0) is 38.1. The number of pyridine rings is 1. The Labute approximate surface area is 313 Å². The second-order valence-electron chi connectivity index (χ2n) is 14.9. The number of nitrogens with one attached hydrogen (secondary N) is 4. The van der Waals surface area contributed by atoms with Crippen molar-refractivity contribution in [1.82, 2.24) is 45.6 Å². The minimum Gasteiger partial charge on any atom is -0.453 e. The largest absolute Gasteiger partial charge is 0.453 e. The number of aromatic amines is 2. The second-order valence-corrected chi connectivity index (χ2v) is 14.9. The molecule has 1 saturated heterocycles. The van der Waals surface area contributed by atoms with E-state index >= 15 is 0 Å². The first-order valence-corrected chi connectivity index (χ1v) is 18.8. The van der Waals surface area contributed by atoms with Gasteiger partial charge in [-0.15, -0.1) is 0 Å². The summed E-state index contributed by atoms with van der Waals surface area (Å²) in [5, 5.41) is 4.63. The van der Waals surface area contributed by atoms with Crippen LogP contribution in [0.1, 0.15) is 83.4 Å². The van der Waals surface area contributed by atoms with Crippen molar-refractivity contribution in [2.75, 3.05) is 27.3 Å². The van der Waals surface area contributed by atoms with E-state index in [1.807, 2.05) is 50.4 Å².